The molecule has 5 heteroatoms. The summed E-state index contributed by atoms with van der Waals surface area (Å²) < 4.78 is 21.6. The van der Waals surface area contributed by atoms with Gasteiger partial charge in [0.1, 0.15) is 0 Å². The molecule has 0 unspecified atom stereocenters. The van der Waals surface area contributed by atoms with Crippen molar-refractivity contribution in [3.63, 3.8) is 0 Å². The first-order valence-electron chi connectivity index (χ1n) is 3.73. The van der Waals surface area contributed by atoms with Crippen LogP contribution in [0.25, 0.3) is 6.08 Å². The van der Waals surface area contributed by atoms with E-state index in [9.17, 15) is 13.2 Å². The van der Waals surface area contributed by atoms with E-state index in [0.717, 1.165) is 0 Å². The molecule has 0 radical (unpaired) electrons. The van der Waals surface area contributed by atoms with Crippen LogP contribution in [0.1, 0.15) is 5.56 Å². The van der Waals surface area contributed by atoms with Gasteiger partial charge in [0.15, 0.2) is 0 Å². The summed E-state index contributed by atoms with van der Waals surface area (Å²) in [6.45, 7) is 0. The first-order valence-corrected chi connectivity index (χ1v) is 5.28. The number of benzene rings is 1. The fourth-order valence-electron chi connectivity index (χ4n) is 0.791. The van der Waals surface area contributed by atoms with Gasteiger partial charge in [-0.25, -0.2) is 13.2 Å². The standard InChI is InChI=1S/C9H8O4S/c10-9(11)14(12,13)7-6-8-4-2-1-3-5-8/h1-7H,(H,10,11). The zero-order chi connectivity index (χ0) is 10.6. The topological polar surface area (TPSA) is 71.4 Å². The summed E-state index contributed by atoms with van der Waals surface area (Å²) in [7, 11) is -4.16. The summed E-state index contributed by atoms with van der Waals surface area (Å²) in [4.78, 5) is 10.2. The molecule has 0 atom stereocenters. The molecule has 0 heterocycles. The summed E-state index contributed by atoms with van der Waals surface area (Å²) >= 11 is 0. The Hall–Kier alpha value is -1.62. The number of rotatable bonds is 2. The molecule has 0 aliphatic carbocycles. The van der Waals surface area contributed by atoms with Crippen molar-refractivity contribution < 1.29 is 18.3 Å². The third-order valence-corrected chi connectivity index (χ3v) is 2.46. The highest BCUT2D eigenvalue weighted by Crippen LogP contribution is 2.04. The smallest absolute Gasteiger partial charge is 0.426 e. The lowest BCUT2D eigenvalue weighted by atomic mass is 10.2. The van der Waals surface area contributed by atoms with Crippen LogP contribution in [0, 0.1) is 0 Å². The van der Waals surface area contributed by atoms with Gasteiger partial charge in [0.25, 0.3) is 9.84 Å². The molecule has 0 aromatic heterocycles. The first-order chi connectivity index (χ1) is 6.52. The minimum absolute atomic E-state index is 0.636. The maximum atomic E-state index is 10.8. The Kier molecular flexibility index (Phi) is 3.03. The lowest BCUT2D eigenvalue weighted by molar-refractivity contribution is 0.219. The molecule has 0 aliphatic heterocycles. The van der Waals surface area contributed by atoms with Crippen molar-refractivity contribution in [3.8, 4) is 0 Å². The van der Waals surface area contributed by atoms with E-state index in [4.69, 9.17) is 5.11 Å². The second kappa shape index (κ2) is 4.06. The second-order valence-corrected chi connectivity index (χ2v) is 4.24. The predicted octanol–water partition coefficient (Wildman–Crippen LogP) is 1.75. The maximum Gasteiger partial charge on any atom is 0.426 e. The Morgan fingerprint density at radius 3 is 2.29 bits per heavy atom. The zero-order valence-corrected chi connectivity index (χ0v) is 7.94. The van der Waals surface area contributed by atoms with Crippen molar-refractivity contribution in [2.75, 3.05) is 0 Å². The minimum atomic E-state index is -4.16. The van der Waals surface area contributed by atoms with Gasteiger partial charge in [-0.15, -0.1) is 0 Å². The van der Waals surface area contributed by atoms with E-state index in [2.05, 4.69) is 0 Å². The van der Waals surface area contributed by atoms with Crippen molar-refractivity contribution in [1.29, 1.82) is 0 Å². The van der Waals surface area contributed by atoms with Gasteiger partial charge in [0, 0.05) is 5.41 Å². The fourth-order valence-corrected chi connectivity index (χ4v) is 1.24. The van der Waals surface area contributed by atoms with Gasteiger partial charge in [-0.3, -0.25) is 0 Å². The molecule has 74 valence electrons. The van der Waals surface area contributed by atoms with E-state index in [1.807, 2.05) is 0 Å². The predicted molar refractivity (Wildman–Crippen MR) is 52.4 cm³/mol. The summed E-state index contributed by atoms with van der Waals surface area (Å²) in [5, 5.41) is 7.11. The van der Waals surface area contributed by atoms with Gasteiger partial charge in [-0.05, 0) is 11.6 Å². The molecule has 4 nitrogen and oxygen atoms in total. The molecule has 0 amide bonds. The number of hydrogen-bond donors (Lipinski definition) is 1. The van der Waals surface area contributed by atoms with Gasteiger partial charge >= 0.3 is 5.30 Å². The lowest BCUT2D eigenvalue weighted by Gasteiger charge is -1.91. The third kappa shape index (κ3) is 2.70. The van der Waals surface area contributed by atoms with Crippen molar-refractivity contribution in [2.45, 2.75) is 0 Å². The van der Waals surface area contributed by atoms with Crippen LogP contribution in [0.3, 0.4) is 0 Å². The second-order valence-electron chi connectivity index (χ2n) is 2.52. The summed E-state index contributed by atoms with van der Waals surface area (Å²) in [6.07, 6.45) is 1.24. The monoisotopic (exact) mass is 212 g/mol. The van der Waals surface area contributed by atoms with E-state index >= 15 is 0 Å². The minimum Gasteiger partial charge on any atom is -0.469 e. The van der Waals surface area contributed by atoms with Crippen LogP contribution in [0.5, 0.6) is 0 Å². The summed E-state index contributed by atoms with van der Waals surface area (Å²) in [6, 6.07) is 8.59. The molecular weight excluding hydrogens is 204 g/mol. The molecule has 0 spiro atoms. The molecule has 1 rings (SSSR count). The Morgan fingerprint density at radius 2 is 1.79 bits per heavy atom. The van der Waals surface area contributed by atoms with Gasteiger partial charge < -0.3 is 5.11 Å². The van der Waals surface area contributed by atoms with Crippen LogP contribution in [-0.2, 0) is 9.84 Å². The maximum absolute atomic E-state index is 10.8. The van der Waals surface area contributed by atoms with E-state index in [0.29, 0.717) is 11.0 Å². The Bertz CT molecular complexity index is 445. The number of sulfone groups is 1. The zero-order valence-electron chi connectivity index (χ0n) is 7.12. The summed E-state index contributed by atoms with van der Waals surface area (Å²) in [5.74, 6) is 0. The molecule has 0 saturated carbocycles. The Morgan fingerprint density at radius 1 is 1.21 bits per heavy atom. The van der Waals surface area contributed by atoms with E-state index < -0.39 is 15.1 Å². The average molecular weight is 212 g/mol. The van der Waals surface area contributed by atoms with Crippen molar-refractivity contribution >= 4 is 21.2 Å². The third-order valence-electron chi connectivity index (χ3n) is 1.48. The van der Waals surface area contributed by atoms with Crippen LogP contribution >= 0.6 is 0 Å². The molecule has 14 heavy (non-hydrogen) atoms. The van der Waals surface area contributed by atoms with E-state index in [1.165, 1.54) is 6.08 Å². The number of hydrogen-bond acceptors (Lipinski definition) is 3. The molecule has 0 saturated heterocycles. The molecule has 1 aromatic rings. The first kappa shape index (κ1) is 10.5. The highest BCUT2D eigenvalue weighted by atomic mass is 32.2. The highest BCUT2D eigenvalue weighted by Gasteiger charge is 2.15. The van der Waals surface area contributed by atoms with Crippen molar-refractivity contribution in [2.24, 2.45) is 0 Å². The number of carbonyl (C=O) groups is 1. The molecule has 1 aromatic carbocycles. The quantitative estimate of drug-likeness (QED) is 0.810. The van der Waals surface area contributed by atoms with Crippen molar-refractivity contribution in [1.82, 2.24) is 0 Å². The summed E-state index contributed by atoms with van der Waals surface area (Å²) in [5.41, 5.74) is 0.636. The van der Waals surface area contributed by atoms with Crippen LogP contribution in [0.15, 0.2) is 35.7 Å². The average Bonchev–Trinajstić information content (AvgIpc) is 2.16. The lowest BCUT2D eigenvalue weighted by Crippen LogP contribution is -2.07. The largest absolute Gasteiger partial charge is 0.469 e. The molecule has 0 bridgehead atoms. The van der Waals surface area contributed by atoms with Gasteiger partial charge in [0.2, 0.25) is 0 Å². The Labute approximate surface area is 81.4 Å². The van der Waals surface area contributed by atoms with E-state index in [-0.39, 0.29) is 0 Å². The van der Waals surface area contributed by atoms with Gasteiger partial charge in [-0.2, -0.15) is 0 Å². The Balaban J connectivity index is 2.91. The van der Waals surface area contributed by atoms with Crippen LogP contribution in [0.2, 0.25) is 0 Å². The molecule has 0 aliphatic rings. The van der Waals surface area contributed by atoms with Gasteiger partial charge in [-0.1, -0.05) is 30.3 Å². The molecule has 1 N–H and O–H groups in total. The molecular formula is C9H8O4S. The molecule has 0 fully saturated rings. The van der Waals surface area contributed by atoms with Gasteiger partial charge in [0.05, 0.1) is 0 Å². The van der Waals surface area contributed by atoms with Crippen molar-refractivity contribution in [3.05, 3.63) is 41.3 Å². The fraction of sp³-hybridized carbons (Fsp3) is 0. The van der Waals surface area contributed by atoms with E-state index in [1.54, 1.807) is 30.3 Å². The highest BCUT2D eigenvalue weighted by molar-refractivity contribution is 8.08. The van der Waals surface area contributed by atoms with Crippen LogP contribution in [0.4, 0.5) is 4.79 Å². The van der Waals surface area contributed by atoms with Crippen LogP contribution < -0.4 is 0 Å². The SMILES string of the molecule is O=C(O)S(=O)(=O)C=Cc1ccccc1. The normalized spacial score (nSPS) is 11.7. The van der Waals surface area contributed by atoms with Crippen LogP contribution in [-0.4, -0.2) is 18.8 Å². The number of carboxylic acid groups (broad SMARTS) is 1.